The molecular formula is C11H16O4. The largest absolute Gasteiger partial charge is 0.504 e. The average molecular weight is 212 g/mol. The lowest BCUT2D eigenvalue weighted by molar-refractivity contribution is -0.115. The van der Waals surface area contributed by atoms with Gasteiger partial charge in [0, 0.05) is 25.0 Å². The average Bonchev–Trinajstić information content (AvgIpc) is 2.17. The standard InChI is InChI=1S/C11H16O4/c1-3-5-9(13)7-11(15)10(14)6-8(12)4-2/h6-7,14-15H,3-5H2,1-2H3/b10-6-,11-7-. The summed E-state index contributed by atoms with van der Waals surface area (Å²) in [4.78, 5) is 21.9. The van der Waals surface area contributed by atoms with Crippen LogP contribution in [0.25, 0.3) is 0 Å². The highest BCUT2D eigenvalue weighted by Gasteiger charge is 2.05. The highest BCUT2D eigenvalue weighted by molar-refractivity contribution is 5.92. The van der Waals surface area contributed by atoms with Gasteiger partial charge in [-0.1, -0.05) is 13.8 Å². The minimum absolute atomic E-state index is 0.236. The second-order valence-corrected chi connectivity index (χ2v) is 3.10. The van der Waals surface area contributed by atoms with Crippen molar-refractivity contribution in [2.24, 2.45) is 0 Å². The molecular weight excluding hydrogens is 196 g/mol. The molecule has 0 heterocycles. The van der Waals surface area contributed by atoms with Crippen molar-refractivity contribution in [3.05, 3.63) is 23.7 Å². The number of carbonyl (C=O) groups is 2. The van der Waals surface area contributed by atoms with Crippen molar-refractivity contribution in [3.8, 4) is 0 Å². The number of carbonyl (C=O) groups excluding carboxylic acids is 2. The maximum atomic E-state index is 11.1. The summed E-state index contributed by atoms with van der Waals surface area (Å²) < 4.78 is 0. The lowest BCUT2D eigenvalue weighted by atomic mass is 10.2. The molecule has 0 radical (unpaired) electrons. The van der Waals surface area contributed by atoms with Crippen LogP contribution < -0.4 is 0 Å². The Hall–Kier alpha value is -1.58. The molecule has 4 nitrogen and oxygen atoms in total. The zero-order chi connectivity index (χ0) is 11.8. The summed E-state index contributed by atoms with van der Waals surface area (Å²) in [5.41, 5.74) is 0. The Bertz CT molecular complexity index is 300. The number of ketones is 2. The zero-order valence-electron chi connectivity index (χ0n) is 8.99. The summed E-state index contributed by atoms with van der Waals surface area (Å²) in [6.07, 6.45) is 3.05. The predicted octanol–water partition coefficient (Wildman–Crippen LogP) is 2.22. The summed E-state index contributed by atoms with van der Waals surface area (Å²) in [5, 5.41) is 18.4. The Kier molecular flexibility index (Phi) is 6.09. The topological polar surface area (TPSA) is 74.6 Å². The minimum Gasteiger partial charge on any atom is -0.504 e. The third kappa shape index (κ3) is 5.67. The van der Waals surface area contributed by atoms with Crippen molar-refractivity contribution in [1.82, 2.24) is 0 Å². The van der Waals surface area contributed by atoms with E-state index >= 15 is 0 Å². The van der Waals surface area contributed by atoms with Gasteiger partial charge >= 0.3 is 0 Å². The van der Waals surface area contributed by atoms with Crippen LogP contribution in [-0.2, 0) is 9.59 Å². The van der Waals surface area contributed by atoms with Crippen LogP contribution in [0.5, 0.6) is 0 Å². The molecule has 0 aliphatic rings. The van der Waals surface area contributed by atoms with Gasteiger partial charge in [-0.2, -0.15) is 0 Å². The smallest absolute Gasteiger partial charge is 0.161 e. The Morgan fingerprint density at radius 2 is 1.47 bits per heavy atom. The number of allylic oxidation sites excluding steroid dienone is 2. The van der Waals surface area contributed by atoms with Crippen LogP contribution in [0.2, 0.25) is 0 Å². The van der Waals surface area contributed by atoms with E-state index in [1.807, 2.05) is 6.92 Å². The van der Waals surface area contributed by atoms with E-state index in [4.69, 9.17) is 0 Å². The van der Waals surface area contributed by atoms with Crippen LogP contribution in [0, 0.1) is 0 Å². The van der Waals surface area contributed by atoms with E-state index < -0.39 is 11.5 Å². The summed E-state index contributed by atoms with van der Waals surface area (Å²) in [6.45, 7) is 3.47. The van der Waals surface area contributed by atoms with E-state index in [2.05, 4.69) is 0 Å². The van der Waals surface area contributed by atoms with Gasteiger partial charge in [-0.05, 0) is 6.42 Å². The van der Waals surface area contributed by atoms with E-state index in [0.717, 1.165) is 12.2 Å². The minimum atomic E-state index is -0.564. The molecule has 0 aromatic heterocycles. The maximum absolute atomic E-state index is 11.1. The van der Waals surface area contributed by atoms with Crippen LogP contribution in [0.4, 0.5) is 0 Å². The van der Waals surface area contributed by atoms with Crippen LogP contribution in [0.1, 0.15) is 33.1 Å². The van der Waals surface area contributed by atoms with Crippen molar-refractivity contribution >= 4 is 11.6 Å². The second-order valence-electron chi connectivity index (χ2n) is 3.10. The Labute approximate surface area is 88.9 Å². The first-order valence-electron chi connectivity index (χ1n) is 4.88. The van der Waals surface area contributed by atoms with Crippen molar-refractivity contribution in [3.63, 3.8) is 0 Å². The fraction of sp³-hybridized carbons (Fsp3) is 0.455. The highest BCUT2D eigenvalue weighted by Crippen LogP contribution is 2.05. The van der Waals surface area contributed by atoms with E-state index in [1.165, 1.54) is 0 Å². The van der Waals surface area contributed by atoms with Crippen molar-refractivity contribution < 1.29 is 19.8 Å². The Balaban J connectivity index is 4.56. The van der Waals surface area contributed by atoms with Gasteiger partial charge in [0.15, 0.2) is 23.1 Å². The van der Waals surface area contributed by atoms with Crippen molar-refractivity contribution in [1.29, 1.82) is 0 Å². The quantitative estimate of drug-likeness (QED) is 0.402. The normalized spacial score (nSPS) is 12.7. The fourth-order valence-electron chi connectivity index (χ4n) is 0.873. The number of aliphatic hydroxyl groups is 2. The van der Waals surface area contributed by atoms with Gasteiger partial charge in [0.1, 0.15) is 0 Å². The number of hydrogen-bond acceptors (Lipinski definition) is 4. The summed E-state index contributed by atoms with van der Waals surface area (Å²) in [6, 6.07) is 0. The third-order valence-electron chi connectivity index (χ3n) is 1.70. The van der Waals surface area contributed by atoms with Gasteiger partial charge < -0.3 is 10.2 Å². The number of aliphatic hydroxyl groups excluding tert-OH is 2. The fourth-order valence-corrected chi connectivity index (χ4v) is 0.873. The predicted molar refractivity (Wildman–Crippen MR) is 56.6 cm³/mol. The molecule has 0 aliphatic carbocycles. The first-order valence-corrected chi connectivity index (χ1v) is 4.88. The summed E-state index contributed by atoms with van der Waals surface area (Å²) >= 11 is 0. The van der Waals surface area contributed by atoms with Crippen LogP contribution >= 0.6 is 0 Å². The number of rotatable bonds is 6. The molecule has 0 spiro atoms. The lowest BCUT2D eigenvalue weighted by Crippen LogP contribution is -1.99. The van der Waals surface area contributed by atoms with Crippen LogP contribution in [0.3, 0.4) is 0 Å². The molecule has 0 aromatic rings. The van der Waals surface area contributed by atoms with E-state index in [9.17, 15) is 19.8 Å². The van der Waals surface area contributed by atoms with E-state index in [1.54, 1.807) is 6.92 Å². The molecule has 0 bridgehead atoms. The Morgan fingerprint density at radius 1 is 1.00 bits per heavy atom. The Morgan fingerprint density at radius 3 is 1.87 bits per heavy atom. The molecule has 15 heavy (non-hydrogen) atoms. The SMILES string of the molecule is CCCC(=O)/C=C(O)/C(O)=C/C(=O)CC. The third-order valence-corrected chi connectivity index (χ3v) is 1.70. The maximum Gasteiger partial charge on any atom is 0.161 e. The number of hydrogen-bond donors (Lipinski definition) is 2. The first kappa shape index (κ1) is 13.4. The molecule has 0 aliphatic heterocycles. The molecule has 0 unspecified atom stereocenters. The second kappa shape index (κ2) is 6.81. The summed E-state index contributed by atoms with van der Waals surface area (Å²) in [5.74, 6) is -1.71. The zero-order valence-corrected chi connectivity index (χ0v) is 8.99. The van der Waals surface area contributed by atoms with E-state index in [0.29, 0.717) is 12.8 Å². The molecule has 84 valence electrons. The molecule has 0 aromatic carbocycles. The molecule has 0 amide bonds. The monoisotopic (exact) mass is 212 g/mol. The highest BCUT2D eigenvalue weighted by atomic mass is 16.3. The molecule has 4 heteroatoms. The van der Waals surface area contributed by atoms with Crippen LogP contribution in [-0.4, -0.2) is 21.8 Å². The molecule has 0 rings (SSSR count). The lowest BCUT2D eigenvalue weighted by Gasteiger charge is -1.98. The van der Waals surface area contributed by atoms with Gasteiger partial charge in [-0.3, -0.25) is 9.59 Å². The molecule has 0 fully saturated rings. The van der Waals surface area contributed by atoms with Crippen molar-refractivity contribution in [2.75, 3.05) is 0 Å². The molecule has 0 atom stereocenters. The summed E-state index contributed by atoms with van der Waals surface area (Å²) in [7, 11) is 0. The van der Waals surface area contributed by atoms with E-state index in [-0.39, 0.29) is 18.0 Å². The molecule has 0 saturated carbocycles. The van der Waals surface area contributed by atoms with Gasteiger partial charge in [0.2, 0.25) is 0 Å². The van der Waals surface area contributed by atoms with Gasteiger partial charge in [-0.15, -0.1) is 0 Å². The molecule has 2 N–H and O–H groups in total. The molecule has 0 saturated heterocycles. The van der Waals surface area contributed by atoms with Crippen molar-refractivity contribution in [2.45, 2.75) is 33.1 Å². The van der Waals surface area contributed by atoms with Crippen LogP contribution in [0.15, 0.2) is 23.7 Å². The first-order chi connectivity index (χ1) is 7.01. The van der Waals surface area contributed by atoms with Gasteiger partial charge in [0.05, 0.1) is 0 Å². The van der Waals surface area contributed by atoms with Gasteiger partial charge in [0.25, 0.3) is 0 Å². The van der Waals surface area contributed by atoms with Gasteiger partial charge in [-0.25, -0.2) is 0 Å².